The summed E-state index contributed by atoms with van der Waals surface area (Å²) >= 11 is 0. The summed E-state index contributed by atoms with van der Waals surface area (Å²) in [5, 5.41) is 0. The number of Topliss-reactive ketones (excluding diaryl/α,β-unsaturated/α-hetero) is 1. The number of fused-ring (bicyclic) bond motifs is 1. The lowest BCUT2D eigenvalue weighted by Gasteiger charge is -2.41. The minimum Gasteiger partial charge on any atom is -0.299 e. The summed E-state index contributed by atoms with van der Waals surface area (Å²) in [5.41, 5.74) is 0.278. The van der Waals surface area contributed by atoms with E-state index in [1.54, 1.807) is 0 Å². The predicted octanol–water partition coefficient (Wildman–Crippen LogP) is 5.26. The Morgan fingerprint density at radius 2 is 1.85 bits per heavy atom. The Kier molecular flexibility index (Phi) is 4.76. The molecule has 2 rings (SSSR count). The molecule has 0 spiro atoms. The standard InChI is InChI=1S/C19H32O/c1-13(2)14(3)8-9-15(4)16-10-11-17-18(20)7-6-12-19(16,17)5/h8-9,13-17H,6-7,10-12H2,1-5H3/b9-8+/t14-,15+,16+,17?,19+/m0/s1. The molecule has 0 aromatic carbocycles. The molecule has 0 N–H and O–H groups in total. The van der Waals surface area contributed by atoms with Crippen LogP contribution in [0.3, 0.4) is 0 Å². The first-order valence-corrected chi connectivity index (χ1v) is 8.57. The maximum atomic E-state index is 12.2. The second kappa shape index (κ2) is 6.03. The van der Waals surface area contributed by atoms with Gasteiger partial charge in [-0.2, -0.15) is 0 Å². The number of rotatable bonds is 4. The van der Waals surface area contributed by atoms with Crippen molar-refractivity contribution in [3.05, 3.63) is 12.2 Å². The van der Waals surface area contributed by atoms with Gasteiger partial charge < -0.3 is 0 Å². The molecule has 2 aliphatic carbocycles. The van der Waals surface area contributed by atoms with Gasteiger partial charge in [0.25, 0.3) is 0 Å². The Morgan fingerprint density at radius 3 is 2.50 bits per heavy atom. The molecule has 0 saturated heterocycles. The van der Waals surface area contributed by atoms with Gasteiger partial charge in [-0.25, -0.2) is 0 Å². The minimum atomic E-state index is 0.278. The van der Waals surface area contributed by atoms with Gasteiger partial charge in [-0.1, -0.05) is 46.8 Å². The van der Waals surface area contributed by atoms with Gasteiger partial charge in [0.2, 0.25) is 0 Å². The largest absolute Gasteiger partial charge is 0.299 e. The first-order chi connectivity index (χ1) is 9.36. The second-order valence-electron chi connectivity index (χ2n) is 7.91. The van der Waals surface area contributed by atoms with Crippen molar-refractivity contribution in [1.82, 2.24) is 0 Å². The fourth-order valence-electron chi connectivity index (χ4n) is 4.54. The van der Waals surface area contributed by atoms with Gasteiger partial charge in [-0.15, -0.1) is 0 Å². The summed E-state index contributed by atoms with van der Waals surface area (Å²) in [6.45, 7) is 11.6. The van der Waals surface area contributed by atoms with Gasteiger partial charge in [-0.05, 0) is 54.8 Å². The maximum absolute atomic E-state index is 12.2. The minimum absolute atomic E-state index is 0.278. The van der Waals surface area contributed by atoms with Crippen molar-refractivity contribution in [1.29, 1.82) is 0 Å². The third kappa shape index (κ3) is 2.87. The van der Waals surface area contributed by atoms with E-state index in [1.807, 2.05) is 0 Å². The molecular weight excluding hydrogens is 244 g/mol. The molecule has 1 heteroatoms. The molecule has 0 heterocycles. The average molecular weight is 276 g/mol. The van der Waals surface area contributed by atoms with Crippen LogP contribution in [0.15, 0.2) is 12.2 Å². The van der Waals surface area contributed by atoms with Crippen molar-refractivity contribution in [2.45, 2.75) is 66.7 Å². The molecule has 20 heavy (non-hydrogen) atoms. The van der Waals surface area contributed by atoms with Crippen LogP contribution in [-0.2, 0) is 4.79 Å². The zero-order valence-corrected chi connectivity index (χ0v) is 14.0. The van der Waals surface area contributed by atoms with Gasteiger partial charge >= 0.3 is 0 Å². The molecule has 5 atom stereocenters. The summed E-state index contributed by atoms with van der Waals surface area (Å²) in [7, 11) is 0. The zero-order valence-electron chi connectivity index (χ0n) is 14.0. The lowest BCUT2D eigenvalue weighted by atomic mass is 9.62. The van der Waals surface area contributed by atoms with Crippen LogP contribution < -0.4 is 0 Å². The van der Waals surface area contributed by atoms with Gasteiger partial charge in [-0.3, -0.25) is 4.79 Å². The number of carbonyl (C=O) groups excluding carboxylic acids is 1. The Bertz CT molecular complexity index is 381. The van der Waals surface area contributed by atoms with E-state index in [1.165, 1.54) is 12.8 Å². The summed E-state index contributed by atoms with van der Waals surface area (Å²) in [6.07, 6.45) is 10.4. The van der Waals surface area contributed by atoms with Gasteiger partial charge in [0.1, 0.15) is 5.78 Å². The molecule has 0 amide bonds. The molecule has 0 aromatic rings. The Labute approximate surface area is 125 Å². The molecule has 2 fully saturated rings. The second-order valence-corrected chi connectivity index (χ2v) is 7.91. The fourth-order valence-corrected chi connectivity index (χ4v) is 4.54. The molecule has 0 aromatic heterocycles. The third-order valence-electron chi connectivity index (χ3n) is 6.34. The van der Waals surface area contributed by atoms with Gasteiger partial charge in [0, 0.05) is 12.3 Å². The molecule has 0 bridgehead atoms. The fraction of sp³-hybridized carbons (Fsp3) is 0.842. The lowest BCUT2D eigenvalue weighted by Crippen LogP contribution is -2.39. The van der Waals surface area contributed by atoms with E-state index in [0.717, 1.165) is 19.3 Å². The summed E-state index contributed by atoms with van der Waals surface area (Å²) < 4.78 is 0. The number of ketones is 1. The topological polar surface area (TPSA) is 17.1 Å². The van der Waals surface area contributed by atoms with Crippen LogP contribution in [0.2, 0.25) is 0 Å². The van der Waals surface area contributed by atoms with E-state index in [-0.39, 0.29) is 5.41 Å². The number of hydrogen-bond donors (Lipinski definition) is 0. The van der Waals surface area contributed by atoms with Crippen LogP contribution >= 0.6 is 0 Å². The summed E-state index contributed by atoms with van der Waals surface area (Å²) in [6, 6.07) is 0. The van der Waals surface area contributed by atoms with Gasteiger partial charge in [0.05, 0.1) is 0 Å². The van der Waals surface area contributed by atoms with E-state index < -0.39 is 0 Å². The Morgan fingerprint density at radius 1 is 1.15 bits per heavy atom. The molecule has 0 radical (unpaired) electrons. The first-order valence-electron chi connectivity index (χ1n) is 8.57. The number of carbonyl (C=O) groups is 1. The highest BCUT2D eigenvalue weighted by molar-refractivity contribution is 5.83. The molecule has 1 unspecified atom stereocenters. The Hall–Kier alpha value is -0.590. The van der Waals surface area contributed by atoms with Crippen molar-refractivity contribution < 1.29 is 4.79 Å². The van der Waals surface area contributed by atoms with Crippen LogP contribution in [-0.4, -0.2) is 5.78 Å². The van der Waals surface area contributed by atoms with Crippen molar-refractivity contribution in [2.24, 2.45) is 35.0 Å². The van der Waals surface area contributed by atoms with E-state index in [9.17, 15) is 4.79 Å². The van der Waals surface area contributed by atoms with Crippen LogP contribution in [0.4, 0.5) is 0 Å². The maximum Gasteiger partial charge on any atom is 0.136 e. The lowest BCUT2D eigenvalue weighted by molar-refractivity contribution is -0.129. The highest BCUT2D eigenvalue weighted by Gasteiger charge is 2.51. The normalized spacial score (nSPS) is 37.4. The molecular formula is C19H32O. The molecule has 0 aliphatic heterocycles. The van der Waals surface area contributed by atoms with Crippen molar-refractivity contribution >= 4 is 5.78 Å². The first kappa shape index (κ1) is 15.8. The van der Waals surface area contributed by atoms with E-state index in [0.29, 0.717) is 35.4 Å². The van der Waals surface area contributed by atoms with E-state index in [4.69, 9.17) is 0 Å². The van der Waals surface area contributed by atoms with Crippen LogP contribution in [0, 0.1) is 35.0 Å². The third-order valence-corrected chi connectivity index (χ3v) is 6.34. The van der Waals surface area contributed by atoms with Crippen LogP contribution in [0.25, 0.3) is 0 Å². The number of hydrogen-bond acceptors (Lipinski definition) is 1. The highest BCUT2D eigenvalue weighted by atomic mass is 16.1. The predicted molar refractivity (Wildman–Crippen MR) is 85.5 cm³/mol. The Balaban J connectivity index is 2.07. The molecule has 2 aliphatic rings. The average Bonchev–Trinajstić information content (AvgIpc) is 2.74. The van der Waals surface area contributed by atoms with Crippen LogP contribution in [0.1, 0.15) is 66.7 Å². The number of allylic oxidation sites excluding steroid dienone is 2. The van der Waals surface area contributed by atoms with Crippen molar-refractivity contribution in [2.75, 3.05) is 0 Å². The van der Waals surface area contributed by atoms with Crippen LogP contribution in [0.5, 0.6) is 0 Å². The summed E-state index contributed by atoms with van der Waals surface area (Å²) in [4.78, 5) is 12.2. The SMILES string of the molecule is CC(C)[C@@H](C)/C=C/[C@@H](C)[C@H]1CCC2C(=O)CCC[C@@]21C. The summed E-state index contributed by atoms with van der Waals surface area (Å²) in [5.74, 6) is 3.58. The molecule has 2 saturated carbocycles. The molecule has 114 valence electrons. The highest BCUT2D eigenvalue weighted by Crippen LogP contribution is 2.56. The quantitative estimate of drug-likeness (QED) is 0.640. The smallest absolute Gasteiger partial charge is 0.136 e. The van der Waals surface area contributed by atoms with Crippen molar-refractivity contribution in [3.8, 4) is 0 Å². The zero-order chi connectivity index (χ0) is 14.9. The molecule has 1 nitrogen and oxygen atoms in total. The van der Waals surface area contributed by atoms with E-state index in [2.05, 4.69) is 46.8 Å². The van der Waals surface area contributed by atoms with Gasteiger partial charge in [0.15, 0.2) is 0 Å². The van der Waals surface area contributed by atoms with E-state index >= 15 is 0 Å². The monoisotopic (exact) mass is 276 g/mol. The van der Waals surface area contributed by atoms with Crippen molar-refractivity contribution in [3.63, 3.8) is 0 Å².